The van der Waals surface area contributed by atoms with Crippen LogP contribution in [0.3, 0.4) is 0 Å². The molecule has 0 bridgehead atoms. The molecule has 3 amide bonds. The Morgan fingerprint density at radius 1 is 1.09 bits per heavy atom. The fourth-order valence-electron chi connectivity index (χ4n) is 3.68. The van der Waals surface area contributed by atoms with Gasteiger partial charge in [-0.3, -0.25) is 19.2 Å². The second-order valence-corrected chi connectivity index (χ2v) is 8.09. The van der Waals surface area contributed by atoms with Crippen molar-refractivity contribution in [3.05, 3.63) is 71.4 Å². The molecule has 0 aliphatic carbocycles. The Morgan fingerprint density at radius 3 is 2.34 bits per heavy atom. The maximum atomic E-state index is 12.6. The average molecular weight is 487 g/mol. The van der Waals surface area contributed by atoms with Crippen LogP contribution < -0.4 is 40.2 Å². The van der Waals surface area contributed by atoms with Gasteiger partial charge >= 0.3 is 41.6 Å². The molecule has 2 aromatic carbocycles. The molecule has 35 heavy (non-hydrogen) atoms. The molecule has 0 saturated heterocycles. The third-order valence-electron chi connectivity index (χ3n) is 5.51. The van der Waals surface area contributed by atoms with Gasteiger partial charge < -0.3 is 22.1 Å². The van der Waals surface area contributed by atoms with E-state index in [1.165, 1.54) is 25.1 Å². The minimum absolute atomic E-state index is 0. The smallest absolute Gasteiger partial charge is 1.00 e. The van der Waals surface area contributed by atoms with Crippen molar-refractivity contribution in [3.63, 3.8) is 0 Å². The van der Waals surface area contributed by atoms with Gasteiger partial charge in [-0.1, -0.05) is 42.5 Å². The molecule has 2 unspecified atom stereocenters. The number of carboxylic acids is 1. The van der Waals surface area contributed by atoms with Crippen molar-refractivity contribution in [1.29, 1.82) is 0 Å². The number of urea groups is 1. The van der Waals surface area contributed by atoms with E-state index in [1.54, 1.807) is 49.4 Å². The van der Waals surface area contributed by atoms with Crippen LogP contribution in [0.15, 0.2) is 60.3 Å². The molecule has 2 aromatic rings. The minimum Gasteiger partial charge on any atom is -1.00 e. The fraction of sp³-hybridized carbons (Fsp3) is 0.240. The first-order chi connectivity index (χ1) is 16.1. The number of hydrogen-bond donors (Lipinski definition) is 3. The van der Waals surface area contributed by atoms with Gasteiger partial charge in [-0.15, -0.1) is 0 Å². The van der Waals surface area contributed by atoms with Gasteiger partial charge in [0, 0.05) is 24.4 Å². The monoisotopic (exact) mass is 487 g/mol. The number of benzene rings is 2. The Labute approximate surface area is 226 Å². The van der Waals surface area contributed by atoms with E-state index in [0.717, 1.165) is 11.1 Å². The molecular weight excluding hydrogens is 461 g/mol. The quantitative estimate of drug-likeness (QED) is 0.282. The first kappa shape index (κ1) is 28.0. The van der Waals surface area contributed by atoms with Crippen molar-refractivity contribution in [1.82, 2.24) is 15.5 Å². The number of likely N-dealkylation sites (N-methyl/N-ethyl adjacent to an activating group) is 1. The zero-order valence-electron chi connectivity index (χ0n) is 21.0. The maximum Gasteiger partial charge on any atom is 1.00 e. The predicted octanol–water partition coefficient (Wildman–Crippen LogP) is -0.199. The normalized spacial score (nSPS) is 16.0. The molecule has 178 valence electrons. The van der Waals surface area contributed by atoms with E-state index in [1.807, 2.05) is 6.07 Å². The summed E-state index contributed by atoms with van der Waals surface area (Å²) in [6, 6.07) is 10.8. The molecule has 3 N–H and O–H groups in total. The summed E-state index contributed by atoms with van der Waals surface area (Å²) < 4.78 is 0. The number of Topliss-reactive ketones (excluding diaryl/α,β-unsaturated/α-hetero) is 2. The van der Waals surface area contributed by atoms with Crippen LogP contribution in [0.25, 0.3) is 11.1 Å². The summed E-state index contributed by atoms with van der Waals surface area (Å²) in [6.45, 7) is 3.02. The summed E-state index contributed by atoms with van der Waals surface area (Å²) in [5.74, 6) is -2.30. The Balaban J connectivity index is 0.00000324. The minimum atomic E-state index is -1.38. The van der Waals surface area contributed by atoms with E-state index in [4.69, 9.17) is 0 Å². The van der Waals surface area contributed by atoms with E-state index in [-0.39, 0.29) is 36.8 Å². The number of nitrogens with zero attached hydrogens (tertiary/aromatic N) is 1. The summed E-state index contributed by atoms with van der Waals surface area (Å²) in [4.78, 5) is 61.5. The van der Waals surface area contributed by atoms with Crippen molar-refractivity contribution in [2.24, 2.45) is 0 Å². The molecule has 1 heterocycles. The van der Waals surface area contributed by atoms with Crippen molar-refractivity contribution in [2.75, 3.05) is 7.05 Å². The standard InChI is InChI=1S/C25H25N3O6.Na.H/c1-14-13-28(3)24(33)22(23(14)32)27-25(34)26-20(12-21(30)31)19-6-4-5-18(11-19)17-9-7-16(8-10-17)15(2)29;;/h4-11,13,20,22H,12H2,1-3H3,(H,30,31)(H2,26,27,34);;/q;+1;-1. The number of amides is 3. The first-order valence-corrected chi connectivity index (χ1v) is 10.6. The molecule has 2 atom stereocenters. The molecule has 1 aliphatic heterocycles. The summed E-state index contributed by atoms with van der Waals surface area (Å²) >= 11 is 0. The van der Waals surface area contributed by atoms with Gasteiger partial charge in [0.1, 0.15) is 0 Å². The number of carbonyl (C=O) groups is 5. The molecular formula is C25H26N3NaO6. The van der Waals surface area contributed by atoms with E-state index in [2.05, 4.69) is 10.6 Å². The van der Waals surface area contributed by atoms with Gasteiger partial charge in [-0.2, -0.15) is 0 Å². The SMILES string of the molecule is CC(=O)c1ccc(-c2cccc(C(CC(=O)O)NC(=O)NC3C(=O)C(C)=CN(C)C3=O)c2)cc1.[H-].[Na+]. The summed E-state index contributed by atoms with van der Waals surface area (Å²) in [5.41, 5.74) is 3.00. The number of hydrogen-bond acceptors (Lipinski definition) is 5. The number of aliphatic carboxylic acids is 1. The molecule has 1 aliphatic rings. The molecule has 9 nitrogen and oxygen atoms in total. The number of nitrogens with one attached hydrogen (secondary N) is 2. The van der Waals surface area contributed by atoms with E-state index >= 15 is 0 Å². The van der Waals surface area contributed by atoms with Crippen molar-refractivity contribution in [3.8, 4) is 11.1 Å². The second-order valence-electron chi connectivity index (χ2n) is 8.09. The number of carboxylic acid groups (broad SMARTS) is 1. The second kappa shape index (κ2) is 11.9. The summed E-state index contributed by atoms with van der Waals surface area (Å²) in [5, 5.41) is 14.3. The van der Waals surface area contributed by atoms with Crippen molar-refractivity contribution >= 4 is 29.5 Å². The van der Waals surface area contributed by atoms with Crippen LogP contribution in [0.5, 0.6) is 0 Å². The number of rotatable bonds is 7. The van der Waals surface area contributed by atoms with Gasteiger partial charge in [0.25, 0.3) is 5.91 Å². The Kier molecular flexibility index (Phi) is 9.53. The van der Waals surface area contributed by atoms with Gasteiger partial charge in [-0.05, 0) is 36.6 Å². The molecule has 0 radical (unpaired) electrons. The fourth-order valence-corrected chi connectivity index (χ4v) is 3.68. The van der Waals surface area contributed by atoms with E-state index in [9.17, 15) is 29.1 Å². The van der Waals surface area contributed by atoms with Crippen molar-refractivity contribution < 1.29 is 60.1 Å². The van der Waals surface area contributed by atoms with Crippen LogP contribution in [0.1, 0.15) is 43.7 Å². The number of carbonyl (C=O) groups excluding carboxylic acids is 4. The first-order valence-electron chi connectivity index (χ1n) is 10.6. The largest absolute Gasteiger partial charge is 1.00 e. The predicted molar refractivity (Wildman–Crippen MR) is 125 cm³/mol. The van der Waals surface area contributed by atoms with Gasteiger partial charge in [0.05, 0.1) is 12.5 Å². The Hall–Kier alpha value is -3.27. The Morgan fingerprint density at radius 2 is 1.74 bits per heavy atom. The van der Waals surface area contributed by atoms with Gasteiger partial charge in [0.15, 0.2) is 17.6 Å². The van der Waals surface area contributed by atoms with Crippen LogP contribution in [0, 0.1) is 0 Å². The average Bonchev–Trinajstić information content (AvgIpc) is 2.80. The van der Waals surface area contributed by atoms with Crippen molar-refractivity contribution in [2.45, 2.75) is 32.4 Å². The summed E-state index contributed by atoms with van der Waals surface area (Å²) in [6.07, 6.45) is 0.980. The number of ketones is 2. The third kappa shape index (κ3) is 6.88. The van der Waals surface area contributed by atoms with E-state index < -0.39 is 42.2 Å². The molecule has 0 spiro atoms. The summed E-state index contributed by atoms with van der Waals surface area (Å²) in [7, 11) is 1.48. The van der Waals surface area contributed by atoms with Crippen LogP contribution in [0.2, 0.25) is 0 Å². The molecule has 0 saturated carbocycles. The van der Waals surface area contributed by atoms with Crippen LogP contribution in [-0.2, 0) is 14.4 Å². The molecule has 10 heteroatoms. The Bertz CT molecular complexity index is 1200. The third-order valence-corrected chi connectivity index (χ3v) is 5.51. The van der Waals surface area contributed by atoms with Crippen LogP contribution in [-0.4, -0.2) is 52.6 Å². The molecule has 0 aromatic heterocycles. The molecule has 3 rings (SSSR count). The van der Waals surface area contributed by atoms with Gasteiger partial charge in [0.2, 0.25) is 0 Å². The van der Waals surface area contributed by atoms with Gasteiger partial charge in [-0.25, -0.2) is 4.79 Å². The molecule has 0 fully saturated rings. The topological polar surface area (TPSA) is 133 Å². The maximum absolute atomic E-state index is 12.6. The van der Waals surface area contributed by atoms with Crippen LogP contribution in [0.4, 0.5) is 4.79 Å². The zero-order valence-corrected chi connectivity index (χ0v) is 22.0. The van der Waals surface area contributed by atoms with E-state index in [0.29, 0.717) is 16.7 Å². The van der Waals surface area contributed by atoms with Crippen LogP contribution >= 0.6 is 0 Å². The zero-order chi connectivity index (χ0) is 25.0.